The maximum absolute atomic E-state index is 12.0. The van der Waals surface area contributed by atoms with Crippen molar-refractivity contribution < 1.29 is 23.7 Å². The monoisotopic (exact) mass is 254 g/mol. The van der Waals surface area contributed by atoms with Crippen LogP contribution in [0.5, 0.6) is 11.5 Å². The highest BCUT2D eigenvalue weighted by Crippen LogP contribution is 2.28. The quantitative estimate of drug-likeness (QED) is 0.520. The highest BCUT2D eigenvalue weighted by molar-refractivity contribution is 6.02. The van der Waals surface area contributed by atoms with Crippen LogP contribution in [0.4, 0.5) is 0 Å². The number of rotatable bonds is 8. The lowest BCUT2D eigenvalue weighted by molar-refractivity contribution is 0.0573. The minimum absolute atomic E-state index is 0.0277. The second-order valence-electron chi connectivity index (χ2n) is 3.51. The molecule has 1 aromatic rings. The third-order valence-corrected chi connectivity index (χ3v) is 2.37. The highest BCUT2D eigenvalue weighted by Gasteiger charge is 2.17. The van der Waals surface area contributed by atoms with Crippen LogP contribution in [0.15, 0.2) is 18.2 Å². The molecule has 1 rings (SSSR count). The average molecular weight is 254 g/mol. The first-order valence-corrected chi connectivity index (χ1v) is 5.55. The lowest BCUT2D eigenvalue weighted by Gasteiger charge is -2.12. The van der Waals surface area contributed by atoms with E-state index in [1.54, 1.807) is 25.3 Å². The molecule has 0 fully saturated rings. The number of carbonyl (C=O) groups is 1. The van der Waals surface area contributed by atoms with Gasteiger partial charge in [-0.1, -0.05) is 6.07 Å². The molecular formula is C13H18O5. The largest absolute Gasteiger partial charge is 0.496 e. The minimum Gasteiger partial charge on any atom is -0.496 e. The molecule has 1 aromatic carbocycles. The highest BCUT2D eigenvalue weighted by atomic mass is 16.5. The smallest absolute Gasteiger partial charge is 0.195 e. The average Bonchev–Trinajstić information content (AvgIpc) is 2.42. The first kappa shape index (κ1) is 14.5. The van der Waals surface area contributed by atoms with Gasteiger partial charge in [0.05, 0.1) is 27.4 Å². The van der Waals surface area contributed by atoms with Crippen molar-refractivity contribution in [3.8, 4) is 11.5 Å². The first-order chi connectivity index (χ1) is 8.74. The molecule has 100 valence electrons. The molecule has 0 aliphatic heterocycles. The van der Waals surface area contributed by atoms with Crippen LogP contribution in [0, 0.1) is 0 Å². The molecule has 0 amide bonds. The number of Topliss-reactive ketones (excluding diaryl/α,β-unsaturated/α-hetero) is 1. The Morgan fingerprint density at radius 2 is 1.67 bits per heavy atom. The van der Waals surface area contributed by atoms with E-state index >= 15 is 0 Å². The van der Waals surface area contributed by atoms with Crippen molar-refractivity contribution in [2.24, 2.45) is 0 Å². The predicted molar refractivity (Wildman–Crippen MR) is 66.6 cm³/mol. The van der Waals surface area contributed by atoms with Crippen LogP contribution in [0.25, 0.3) is 0 Å². The van der Waals surface area contributed by atoms with Crippen molar-refractivity contribution in [1.29, 1.82) is 0 Å². The van der Waals surface area contributed by atoms with Crippen molar-refractivity contribution in [1.82, 2.24) is 0 Å². The number of carbonyl (C=O) groups excluding carboxylic acids is 1. The zero-order valence-electron chi connectivity index (χ0n) is 10.9. The van der Waals surface area contributed by atoms with Gasteiger partial charge in [0.1, 0.15) is 23.7 Å². The van der Waals surface area contributed by atoms with Gasteiger partial charge in [-0.05, 0) is 12.1 Å². The maximum Gasteiger partial charge on any atom is 0.195 e. The van der Waals surface area contributed by atoms with Crippen LogP contribution >= 0.6 is 0 Å². The van der Waals surface area contributed by atoms with Gasteiger partial charge in [-0.15, -0.1) is 0 Å². The summed E-state index contributed by atoms with van der Waals surface area (Å²) in [6.07, 6.45) is 0. The van der Waals surface area contributed by atoms with E-state index in [-0.39, 0.29) is 12.4 Å². The Labute approximate surface area is 107 Å². The van der Waals surface area contributed by atoms with Gasteiger partial charge in [0.15, 0.2) is 5.78 Å². The Kier molecular flexibility index (Phi) is 6.18. The number of methoxy groups -OCH3 is 3. The lowest BCUT2D eigenvalue weighted by Crippen LogP contribution is -2.14. The summed E-state index contributed by atoms with van der Waals surface area (Å²) in [6.45, 7) is 0.802. The molecule has 0 aliphatic rings. The van der Waals surface area contributed by atoms with E-state index in [2.05, 4.69) is 0 Å². The molecule has 0 bridgehead atoms. The summed E-state index contributed by atoms with van der Waals surface area (Å²) in [5.41, 5.74) is 0.403. The van der Waals surface area contributed by atoms with E-state index in [9.17, 15) is 4.79 Å². The summed E-state index contributed by atoms with van der Waals surface area (Å²) < 4.78 is 20.3. The van der Waals surface area contributed by atoms with E-state index in [1.807, 2.05) is 0 Å². The van der Waals surface area contributed by atoms with Gasteiger partial charge in [0.25, 0.3) is 0 Å². The predicted octanol–water partition coefficient (Wildman–Crippen LogP) is 1.55. The Morgan fingerprint density at radius 1 is 1.06 bits per heavy atom. The van der Waals surface area contributed by atoms with Gasteiger partial charge >= 0.3 is 0 Å². The molecule has 5 heteroatoms. The molecule has 5 nitrogen and oxygen atoms in total. The fraction of sp³-hybridized carbons (Fsp3) is 0.462. The molecule has 0 aliphatic carbocycles. The van der Waals surface area contributed by atoms with Gasteiger partial charge in [0, 0.05) is 7.11 Å². The normalized spacial score (nSPS) is 10.2. The van der Waals surface area contributed by atoms with E-state index in [4.69, 9.17) is 18.9 Å². The molecule has 18 heavy (non-hydrogen) atoms. The second kappa shape index (κ2) is 7.68. The maximum atomic E-state index is 12.0. The van der Waals surface area contributed by atoms with Crippen LogP contribution in [-0.2, 0) is 9.47 Å². The summed E-state index contributed by atoms with van der Waals surface area (Å²) in [4.78, 5) is 12.0. The Balaban J connectivity index is 2.76. The van der Waals surface area contributed by atoms with Crippen molar-refractivity contribution in [3.63, 3.8) is 0 Å². The molecule has 0 atom stereocenters. The fourth-order valence-corrected chi connectivity index (χ4v) is 1.51. The first-order valence-electron chi connectivity index (χ1n) is 5.55. The molecule has 0 aromatic heterocycles. The van der Waals surface area contributed by atoms with Crippen molar-refractivity contribution in [3.05, 3.63) is 23.8 Å². The van der Waals surface area contributed by atoms with E-state index in [0.717, 1.165) is 0 Å². The molecule has 0 spiro atoms. The third kappa shape index (κ3) is 3.72. The molecular weight excluding hydrogens is 236 g/mol. The van der Waals surface area contributed by atoms with Gasteiger partial charge in [0.2, 0.25) is 0 Å². The van der Waals surface area contributed by atoms with Gasteiger partial charge in [-0.2, -0.15) is 0 Å². The summed E-state index contributed by atoms with van der Waals surface area (Å²) in [6, 6.07) is 5.19. The summed E-state index contributed by atoms with van der Waals surface area (Å²) in [7, 11) is 4.60. The van der Waals surface area contributed by atoms with E-state index < -0.39 is 0 Å². The van der Waals surface area contributed by atoms with E-state index in [1.165, 1.54) is 14.2 Å². The zero-order chi connectivity index (χ0) is 13.4. The SMILES string of the molecule is COCCOCC(=O)c1c(OC)cccc1OC. The number of hydrogen-bond donors (Lipinski definition) is 0. The molecule has 0 unspecified atom stereocenters. The molecule has 0 saturated heterocycles. The number of ether oxygens (including phenoxy) is 4. The van der Waals surface area contributed by atoms with Crippen molar-refractivity contribution in [2.45, 2.75) is 0 Å². The van der Waals surface area contributed by atoms with E-state index in [0.29, 0.717) is 30.3 Å². The van der Waals surface area contributed by atoms with Crippen molar-refractivity contribution >= 4 is 5.78 Å². The number of benzene rings is 1. The van der Waals surface area contributed by atoms with Crippen LogP contribution in [-0.4, -0.2) is 46.9 Å². The molecule has 0 radical (unpaired) electrons. The van der Waals surface area contributed by atoms with Gasteiger partial charge in [-0.3, -0.25) is 4.79 Å². The van der Waals surface area contributed by atoms with Crippen LogP contribution in [0.2, 0.25) is 0 Å². The van der Waals surface area contributed by atoms with Crippen LogP contribution < -0.4 is 9.47 Å². The van der Waals surface area contributed by atoms with Gasteiger partial charge in [-0.25, -0.2) is 0 Å². The fourth-order valence-electron chi connectivity index (χ4n) is 1.51. The Hall–Kier alpha value is -1.59. The Bertz CT molecular complexity index is 367. The van der Waals surface area contributed by atoms with Crippen molar-refractivity contribution in [2.75, 3.05) is 41.2 Å². The zero-order valence-corrected chi connectivity index (χ0v) is 10.9. The molecule has 0 saturated carbocycles. The number of hydrogen-bond acceptors (Lipinski definition) is 5. The number of ketones is 1. The third-order valence-electron chi connectivity index (χ3n) is 2.37. The summed E-state index contributed by atoms with van der Waals surface area (Å²) in [5, 5.41) is 0. The second-order valence-corrected chi connectivity index (χ2v) is 3.51. The lowest BCUT2D eigenvalue weighted by atomic mass is 10.1. The standard InChI is InChI=1S/C13H18O5/c1-15-7-8-18-9-10(14)13-11(16-2)5-4-6-12(13)17-3/h4-6H,7-9H2,1-3H3. The van der Waals surface area contributed by atoms with Crippen LogP contribution in [0.1, 0.15) is 10.4 Å². The summed E-state index contributed by atoms with van der Waals surface area (Å²) >= 11 is 0. The molecule has 0 heterocycles. The topological polar surface area (TPSA) is 54.0 Å². The summed E-state index contributed by atoms with van der Waals surface area (Å²) in [5.74, 6) is 0.782. The molecule has 0 N–H and O–H groups in total. The Morgan fingerprint density at radius 3 is 2.17 bits per heavy atom. The van der Waals surface area contributed by atoms with Gasteiger partial charge < -0.3 is 18.9 Å². The minimum atomic E-state index is -0.180. The van der Waals surface area contributed by atoms with Crippen LogP contribution in [0.3, 0.4) is 0 Å².